The first-order chi connectivity index (χ1) is 17.7. The van der Waals surface area contributed by atoms with Crippen LogP contribution in [0.1, 0.15) is 62.1 Å². The number of nitrogen functional groups attached to an aromatic ring is 1. The lowest BCUT2D eigenvalue weighted by atomic mass is 9.86. The Hall–Kier alpha value is -3.73. The number of ether oxygens (including phenoxy) is 1. The molecule has 2 heterocycles. The summed E-state index contributed by atoms with van der Waals surface area (Å²) in [6.07, 6.45) is 0.954. The highest BCUT2D eigenvalue weighted by atomic mass is 16.5. The Kier molecular flexibility index (Phi) is 6.49. The van der Waals surface area contributed by atoms with Crippen molar-refractivity contribution >= 4 is 11.4 Å². The Balaban J connectivity index is 1.64. The Morgan fingerprint density at radius 2 is 1.70 bits per heavy atom. The fraction of sp³-hybridized carbons (Fsp3) is 0.344. The van der Waals surface area contributed by atoms with Gasteiger partial charge in [-0.05, 0) is 66.6 Å². The molecule has 37 heavy (non-hydrogen) atoms. The molecule has 0 unspecified atom stereocenters. The molecule has 0 bridgehead atoms. The third kappa shape index (κ3) is 4.71. The minimum Gasteiger partial charge on any atom is -0.491 e. The van der Waals surface area contributed by atoms with E-state index in [4.69, 9.17) is 15.6 Å². The Labute approximate surface area is 220 Å². The zero-order chi connectivity index (χ0) is 26.3. The van der Waals surface area contributed by atoms with Gasteiger partial charge < -0.3 is 15.4 Å². The summed E-state index contributed by atoms with van der Waals surface area (Å²) in [6, 6.07) is 21.2. The molecule has 5 rings (SSSR count). The van der Waals surface area contributed by atoms with Gasteiger partial charge in [-0.3, -0.25) is 0 Å². The molecule has 2 N–H and O–H groups in total. The zero-order valence-corrected chi connectivity index (χ0v) is 22.9. The highest BCUT2D eigenvalue weighted by Gasteiger charge is 2.31. The summed E-state index contributed by atoms with van der Waals surface area (Å²) in [5, 5.41) is 5.23. The van der Waals surface area contributed by atoms with Gasteiger partial charge in [0, 0.05) is 29.0 Å². The van der Waals surface area contributed by atoms with Gasteiger partial charge in [0.25, 0.3) is 0 Å². The molecule has 0 amide bonds. The monoisotopic (exact) mass is 494 g/mol. The SMILES string of the molecule is CCCOc1cccc(C)c1-n1nc2c(c1-c1ccc(N)cc1)CN(c1cc(C(C)(C)C)ccc1C)C2. The number of fused-ring (bicyclic) bond motifs is 1. The maximum atomic E-state index is 6.19. The summed E-state index contributed by atoms with van der Waals surface area (Å²) in [5.41, 5.74) is 17.6. The van der Waals surface area contributed by atoms with Crippen LogP contribution < -0.4 is 15.4 Å². The molecule has 5 heteroatoms. The van der Waals surface area contributed by atoms with E-state index in [-0.39, 0.29) is 5.41 Å². The van der Waals surface area contributed by atoms with Gasteiger partial charge in [-0.1, -0.05) is 64.1 Å². The summed E-state index contributed by atoms with van der Waals surface area (Å²) in [7, 11) is 0. The number of aromatic nitrogens is 2. The highest BCUT2D eigenvalue weighted by Crippen LogP contribution is 2.40. The van der Waals surface area contributed by atoms with Gasteiger partial charge >= 0.3 is 0 Å². The lowest BCUT2D eigenvalue weighted by Crippen LogP contribution is -2.19. The van der Waals surface area contributed by atoms with Crippen molar-refractivity contribution in [3.05, 3.63) is 88.6 Å². The molecule has 1 aliphatic rings. The first-order valence-corrected chi connectivity index (χ1v) is 13.2. The molecule has 0 atom stereocenters. The number of hydrogen-bond donors (Lipinski definition) is 1. The minimum absolute atomic E-state index is 0.0977. The lowest BCUT2D eigenvalue weighted by Gasteiger charge is -2.26. The molecular formula is C32H38N4O. The first kappa shape index (κ1) is 24.9. The molecular weight excluding hydrogens is 456 g/mol. The van der Waals surface area contributed by atoms with Gasteiger partial charge in [0.2, 0.25) is 0 Å². The third-order valence-electron chi connectivity index (χ3n) is 7.23. The van der Waals surface area contributed by atoms with E-state index >= 15 is 0 Å². The van der Waals surface area contributed by atoms with Crippen LogP contribution in [0.5, 0.6) is 5.75 Å². The smallest absolute Gasteiger partial charge is 0.145 e. The van der Waals surface area contributed by atoms with Gasteiger partial charge in [-0.15, -0.1) is 0 Å². The number of nitrogens with two attached hydrogens (primary N) is 1. The molecule has 0 saturated carbocycles. The van der Waals surface area contributed by atoms with Crippen LogP contribution in [0.4, 0.5) is 11.4 Å². The van der Waals surface area contributed by atoms with Crippen LogP contribution in [0.2, 0.25) is 0 Å². The molecule has 1 aromatic heterocycles. The van der Waals surface area contributed by atoms with Gasteiger partial charge in [-0.25, -0.2) is 4.68 Å². The maximum absolute atomic E-state index is 6.19. The van der Waals surface area contributed by atoms with Gasteiger partial charge in [0.1, 0.15) is 11.4 Å². The summed E-state index contributed by atoms with van der Waals surface area (Å²) < 4.78 is 8.30. The van der Waals surface area contributed by atoms with Crippen LogP contribution in [-0.2, 0) is 18.5 Å². The second-order valence-corrected chi connectivity index (χ2v) is 11.2. The highest BCUT2D eigenvalue weighted by molar-refractivity contribution is 5.73. The number of rotatable bonds is 6. The van der Waals surface area contributed by atoms with Crippen LogP contribution in [0.15, 0.2) is 60.7 Å². The van der Waals surface area contributed by atoms with Crippen LogP contribution >= 0.6 is 0 Å². The molecule has 0 saturated heterocycles. The van der Waals surface area contributed by atoms with Crippen molar-refractivity contribution in [1.82, 2.24) is 9.78 Å². The normalized spacial score (nSPS) is 13.2. The fourth-order valence-corrected chi connectivity index (χ4v) is 5.13. The Morgan fingerprint density at radius 3 is 2.41 bits per heavy atom. The van der Waals surface area contributed by atoms with Crippen LogP contribution in [-0.4, -0.2) is 16.4 Å². The number of nitrogens with zero attached hydrogens (tertiary/aromatic N) is 3. The van der Waals surface area contributed by atoms with Gasteiger partial charge in [0.05, 0.1) is 24.5 Å². The van der Waals surface area contributed by atoms with Gasteiger partial charge in [0.15, 0.2) is 0 Å². The van der Waals surface area contributed by atoms with E-state index in [1.54, 1.807) is 0 Å². The Bertz CT molecular complexity index is 1430. The number of para-hydroxylation sites is 1. The van der Waals surface area contributed by atoms with Crippen molar-refractivity contribution in [2.24, 2.45) is 0 Å². The van der Waals surface area contributed by atoms with E-state index in [1.807, 2.05) is 18.2 Å². The van der Waals surface area contributed by atoms with Crippen molar-refractivity contribution in [3.8, 4) is 22.7 Å². The molecule has 3 aromatic carbocycles. The number of anilines is 2. The predicted octanol–water partition coefficient (Wildman–Crippen LogP) is 7.34. The van der Waals surface area contributed by atoms with E-state index in [0.29, 0.717) is 6.61 Å². The molecule has 0 radical (unpaired) electrons. The van der Waals surface area contributed by atoms with Crippen LogP contribution in [0.3, 0.4) is 0 Å². The second-order valence-electron chi connectivity index (χ2n) is 11.2. The van der Waals surface area contributed by atoms with E-state index in [1.165, 1.54) is 22.4 Å². The molecule has 192 valence electrons. The van der Waals surface area contributed by atoms with E-state index in [2.05, 4.69) is 93.6 Å². The van der Waals surface area contributed by atoms with Crippen molar-refractivity contribution in [2.45, 2.75) is 66.5 Å². The second kappa shape index (κ2) is 9.62. The molecule has 1 aliphatic heterocycles. The van der Waals surface area contributed by atoms with E-state index < -0.39 is 0 Å². The van der Waals surface area contributed by atoms with E-state index in [0.717, 1.165) is 59.1 Å². The summed E-state index contributed by atoms with van der Waals surface area (Å²) in [4.78, 5) is 2.46. The zero-order valence-electron chi connectivity index (χ0n) is 22.9. The topological polar surface area (TPSA) is 56.3 Å². The summed E-state index contributed by atoms with van der Waals surface area (Å²) >= 11 is 0. The Morgan fingerprint density at radius 1 is 0.946 bits per heavy atom. The molecule has 5 nitrogen and oxygen atoms in total. The summed E-state index contributed by atoms with van der Waals surface area (Å²) in [5.74, 6) is 0.866. The van der Waals surface area contributed by atoms with Crippen LogP contribution in [0, 0.1) is 13.8 Å². The standard InChI is InChI=1S/C32H38N4O/c1-7-17-37-29-10-8-9-22(3)30(29)36-31(23-12-15-25(33)16-13-23)26-19-35(20-27(26)34-36)28-18-24(32(4,5)6)14-11-21(28)2/h8-16,18H,7,17,19-20,33H2,1-6H3. The minimum atomic E-state index is 0.0977. The quantitative estimate of drug-likeness (QED) is 0.285. The molecule has 0 aliphatic carbocycles. The van der Waals surface area contributed by atoms with Crippen molar-refractivity contribution in [2.75, 3.05) is 17.2 Å². The van der Waals surface area contributed by atoms with Crippen molar-refractivity contribution < 1.29 is 4.74 Å². The average molecular weight is 495 g/mol. The summed E-state index contributed by atoms with van der Waals surface area (Å²) in [6.45, 7) is 15.5. The molecule has 0 fully saturated rings. The maximum Gasteiger partial charge on any atom is 0.145 e. The molecule has 0 spiro atoms. The number of aryl methyl sites for hydroxylation is 2. The number of hydrogen-bond acceptors (Lipinski definition) is 4. The van der Waals surface area contributed by atoms with Crippen LogP contribution in [0.25, 0.3) is 16.9 Å². The van der Waals surface area contributed by atoms with E-state index in [9.17, 15) is 0 Å². The lowest BCUT2D eigenvalue weighted by molar-refractivity contribution is 0.315. The van der Waals surface area contributed by atoms with Crippen molar-refractivity contribution in [1.29, 1.82) is 0 Å². The fourth-order valence-electron chi connectivity index (χ4n) is 5.13. The molecule has 4 aromatic rings. The largest absolute Gasteiger partial charge is 0.491 e. The third-order valence-corrected chi connectivity index (χ3v) is 7.23. The first-order valence-electron chi connectivity index (χ1n) is 13.2. The number of benzene rings is 3. The van der Waals surface area contributed by atoms with Crippen molar-refractivity contribution in [3.63, 3.8) is 0 Å². The predicted molar refractivity (Wildman–Crippen MR) is 154 cm³/mol. The van der Waals surface area contributed by atoms with Gasteiger partial charge in [-0.2, -0.15) is 5.10 Å². The average Bonchev–Trinajstić information content (AvgIpc) is 3.41.